The quantitative estimate of drug-likeness (QED) is 0.426. The maximum atomic E-state index is 12.0. The number of benzene rings is 2. The van der Waals surface area contributed by atoms with Gasteiger partial charge in [-0.1, -0.05) is 6.07 Å². The molecular formula is C16H12O6. The molecule has 0 atom stereocenters. The number of phenols is 4. The van der Waals surface area contributed by atoms with E-state index in [-0.39, 0.29) is 35.0 Å². The highest BCUT2D eigenvalue weighted by molar-refractivity contribution is 5.81. The molecule has 0 bridgehead atoms. The Morgan fingerprint density at radius 2 is 1.50 bits per heavy atom. The number of fused-ring (bicyclic) bond motifs is 1. The molecule has 3 rings (SSSR count). The van der Waals surface area contributed by atoms with Crippen LogP contribution in [0.2, 0.25) is 0 Å². The Bertz CT molecular complexity index is 926. The molecule has 1 heterocycles. The van der Waals surface area contributed by atoms with E-state index in [9.17, 15) is 25.2 Å². The molecule has 0 spiro atoms. The van der Waals surface area contributed by atoms with Gasteiger partial charge in [-0.25, -0.2) is 4.79 Å². The summed E-state index contributed by atoms with van der Waals surface area (Å²) in [6, 6.07) is 8.27. The van der Waals surface area contributed by atoms with E-state index in [1.54, 1.807) is 12.1 Å². The Morgan fingerprint density at radius 3 is 2.23 bits per heavy atom. The van der Waals surface area contributed by atoms with Crippen molar-refractivity contribution in [3.8, 4) is 23.0 Å². The molecule has 0 amide bonds. The van der Waals surface area contributed by atoms with Gasteiger partial charge in [0.1, 0.15) is 5.58 Å². The average Bonchev–Trinajstić information content (AvgIpc) is 2.46. The van der Waals surface area contributed by atoms with Crippen LogP contribution in [0.3, 0.4) is 0 Å². The van der Waals surface area contributed by atoms with Crippen molar-refractivity contribution in [1.29, 1.82) is 0 Å². The number of phenolic OH excluding ortho intramolecular Hbond substituents is 4. The normalized spacial score (nSPS) is 10.9. The van der Waals surface area contributed by atoms with Gasteiger partial charge in [-0.05, 0) is 29.8 Å². The summed E-state index contributed by atoms with van der Waals surface area (Å²) in [5.41, 5.74) is 0.524. The predicted molar refractivity (Wildman–Crippen MR) is 78.4 cm³/mol. The Morgan fingerprint density at radius 1 is 0.818 bits per heavy atom. The van der Waals surface area contributed by atoms with Gasteiger partial charge in [0.2, 0.25) is 0 Å². The number of rotatable bonds is 2. The summed E-state index contributed by atoms with van der Waals surface area (Å²) in [5.74, 6) is -1.19. The lowest BCUT2D eigenvalue weighted by Crippen LogP contribution is -2.07. The van der Waals surface area contributed by atoms with Crippen molar-refractivity contribution < 1.29 is 24.8 Å². The molecule has 0 aliphatic heterocycles. The van der Waals surface area contributed by atoms with E-state index in [2.05, 4.69) is 0 Å². The number of hydrogen-bond donors (Lipinski definition) is 4. The first-order valence-electron chi connectivity index (χ1n) is 6.43. The monoisotopic (exact) mass is 300 g/mol. The minimum atomic E-state index is -0.579. The number of aromatic hydroxyl groups is 4. The Balaban J connectivity index is 2.06. The van der Waals surface area contributed by atoms with Crippen LogP contribution in [0.5, 0.6) is 23.0 Å². The zero-order chi connectivity index (χ0) is 15.9. The fourth-order valence-electron chi connectivity index (χ4n) is 2.21. The summed E-state index contributed by atoms with van der Waals surface area (Å²) in [6.45, 7) is 0. The molecule has 112 valence electrons. The Kier molecular flexibility index (Phi) is 3.14. The highest BCUT2D eigenvalue weighted by Gasteiger charge is 2.10. The highest BCUT2D eigenvalue weighted by atomic mass is 16.4. The van der Waals surface area contributed by atoms with Crippen LogP contribution in [0.4, 0.5) is 0 Å². The third-order valence-electron chi connectivity index (χ3n) is 3.34. The molecule has 0 saturated carbocycles. The van der Waals surface area contributed by atoms with Gasteiger partial charge < -0.3 is 24.8 Å². The van der Waals surface area contributed by atoms with Gasteiger partial charge in [0, 0.05) is 23.4 Å². The van der Waals surface area contributed by atoms with E-state index in [4.69, 9.17) is 4.42 Å². The highest BCUT2D eigenvalue weighted by Crippen LogP contribution is 2.30. The largest absolute Gasteiger partial charge is 0.504 e. The molecule has 0 aliphatic carbocycles. The van der Waals surface area contributed by atoms with Crippen molar-refractivity contribution in [3.05, 3.63) is 57.9 Å². The van der Waals surface area contributed by atoms with Crippen LogP contribution < -0.4 is 5.63 Å². The average molecular weight is 300 g/mol. The maximum absolute atomic E-state index is 12.0. The fraction of sp³-hybridized carbons (Fsp3) is 0.0625. The predicted octanol–water partition coefficient (Wildman–Crippen LogP) is 2.21. The molecule has 6 nitrogen and oxygen atoms in total. The lowest BCUT2D eigenvalue weighted by atomic mass is 10.0. The van der Waals surface area contributed by atoms with Crippen LogP contribution in [0.1, 0.15) is 11.1 Å². The molecule has 0 radical (unpaired) electrons. The Hall–Kier alpha value is -3.15. The van der Waals surface area contributed by atoms with E-state index in [1.807, 2.05) is 0 Å². The second-order valence-electron chi connectivity index (χ2n) is 4.94. The van der Waals surface area contributed by atoms with Crippen molar-refractivity contribution in [2.45, 2.75) is 6.42 Å². The molecule has 0 aliphatic rings. The topological polar surface area (TPSA) is 111 Å². The van der Waals surface area contributed by atoms with Crippen LogP contribution in [0.15, 0.2) is 45.6 Å². The van der Waals surface area contributed by atoms with Crippen molar-refractivity contribution in [2.75, 3.05) is 0 Å². The van der Waals surface area contributed by atoms with E-state index in [0.717, 1.165) is 0 Å². The first kappa shape index (κ1) is 13.8. The zero-order valence-electron chi connectivity index (χ0n) is 11.3. The molecule has 0 saturated heterocycles. The Labute approximate surface area is 124 Å². The summed E-state index contributed by atoms with van der Waals surface area (Å²) in [4.78, 5) is 12.0. The first-order chi connectivity index (χ1) is 10.4. The van der Waals surface area contributed by atoms with E-state index >= 15 is 0 Å². The molecular weight excluding hydrogens is 288 g/mol. The molecule has 2 aromatic carbocycles. The van der Waals surface area contributed by atoms with Crippen molar-refractivity contribution in [1.82, 2.24) is 0 Å². The van der Waals surface area contributed by atoms with Crippen LogP contribution in [-0.4, -0.2) is 20.4 Å². The van der Waals surface area contributed by atoms with Crippen LogP contribution >= 0.6 is 0 Å². The van der Waals surface area contributed by atoms with E-state index in [1.165, 1.54) is 24.3 Å². The molecule has 1 aromatic heterocycles. The molecule has 3 aromatic rings. The van der Waals surface area contributed by atoms with Crippen molar-refractivity contribution >= 4 is 11.0 Å². The first-order valence-corrected chi connectivity index (χ1v) is 6.43. The lowest BCUT2D eigenvalue weighted by Gasteiger charge is -2.05. The minimum absolute atomic E-state index is 0.164. The van der Waals surface area contributed by atoms with Gasteiger partial charge in [0.15, 0.2) is 23.0 Å². The van der Waals surface area contributed by atoms with Crippen LogP contribution in [-0.2, 0) is 6.42 Å². The van der Waals surface area contributed by atoms with Gasteiger partial charge in [0.25, 0.3) is 0 Å². The van der Waals surface area contributed by atoms with Gasteiger partial charge in [0.05, 0.1) is 0 Å². The van der Waals surface area contributed by atoms with Gasteiger partial charge in [-0.3, -0.25) is 0 Å². The molecule has 22 heavy (non-hydrogen) atoms. The van der Waals surface area contributed by atoms with Gasteiger partial charge in [-0.2, -0.15) is 0 Å². The smallest absolute Gasteiger partial charge is 0.339 e. The fourth-order valence-corrected chi connectivity index (χ4v) is 2.21. The van der Waals surface area contributed by atoms with Crippen molar-refractivity contribution in [2.24, 2.45) is 0 Å². The van der Waals surface area contributed by atoms with Gasteiger partial charge in [-0.15, -0.1) is 0 Å². The molecule has 0 fully saturated rings. The molecule has 6 heteroatoms. The summed E-state index contributed by atoms with van der Waals surface area (Å²) in [6.07, 6.45) is 0.188. The summed E-state index contributed by atoms with van der Waals surface area (Å²) in [5, 5.41) is 38.1. The summed E-state index contributed by atoms with van der Waals surface area (Å²) in [7, 11) is 0. The van der Waals surface area contributed by atoms with Gasteiger partial charge >= 0.3 is 5.63 Å². The summed E-state index contributed by atoms with van der Waals surface area (Å²) >= 11 is 0. The SMILES string of the molecule is O=c1oc2cc(O)c(O)cc2cc1Cc1ccc(O)c(O)c1. The van der Waals surface area contributed by atoms with Crippen molar-refractivity contribution in [3.63, 3.8) is 0 Å². The standard InChI is InChI=1S/C16H12O6/c17-11-2-1-8(4-12(11)18)3-10-5-9-6-13(19)14(20)7-15(9)22-16(10)21/h1-2,4-7,17-20H,3H2. The molecule has 0 unspecified atom stereocenters. The zero-order valence-corrected chi connectivity index (χ0v) is 11.3. The third-order valence-corrected chi connectivity index (χ3v) is 3.34. The maximum Gasteiger partial charge on any atom is 0.339 e. The third kappa shape index (κ3) is 2.42. The second-order valence-corrected chi connectivity index (χ2v) is 4.94. The molecule has 4 N–H and O–H groups in total. The van der Waals surface area contributed by atoms with E-state index < -0.39 is 5.63 Å². The second kappa shape index (κ2) is 5.00. The van der Waals surface area contributed by atoms with Crippen LogP contribution in [0, 0.1) is 0 Å². The minimum Gasteiger partial charge on any atom is -0.504 e. The number of hydrogen-bond acceptors (Lipinski definition) is 6. The lowest BCUT2D eigenvalue weighted by molar-refractivity contribution is 0.403. The summed E-state index contributed by atoms with van der Waals surface area (Å²) < 4.78 is 5.12. The van der Waals surface area contributed by atoms with Crippen LogP contribution in [0.25, 0.3) is 11.0 Å². The van der Waals surface area contributed by atoms with E-state index in [0.29, 0.717) is 16.5 Å².